The van der Waals surface area contributed by atoms with Gasteiger partial charge in [-0.2, -0.15) is 0 Å². The zero-order valence-corrected chi connectivity index (χ0v) is 22.3. The maximum absolute atomic E-state index is 14.9. The standard InChI is InChI=1S/C38H29NO/c1-26-20-22-29(23-21-26)37(40)36-31(28-14-6-3-7-15-28)24-30(27-12-4-2-5-13-27)25-38(36)32-16-8-10-18-34(32)39-35-19-11-9-17-33(35)38/h2-25,36,39H,1H3. The quantitative estimate of drug-likeness (QED) is 0.242. The number of anilines is 2. The highest BCUT2D eigenvalue weighted by atomic mass is 16.1. The Morgan fingerprint density at radius 2 is 1.15 bits per heavy atom. The lowest BCUT2D eigenvalue weighted by Crippen LogP contribution is -2.44. The van der Waals surface area contributed by atoms with Crippen molar-refractivity contribution >= 4 is 28.3 Å². The van der Waals surface area contributed by atoms with Crippen molar-refractivity contribution in [2.45, 2.75) is 12.3 Å². The summed E-state index contributed by atoms with van der Waals surface area (Å²) in [5.41, 5.74) is 9.72. The number of aryl methyl sites for hydroxylation is 1. The van der Waals surface area contributed by atoms with Crippen LogP contribution in [0.5, 0.6) is 0 Å². The molecular weight excluding hydrogens is 486 g/mol. The molecule has 1 unspecified atom stereocenters. The van der Waals surface area contributed by atoms with Crippen LogP contribution in [0.15, 0.2) is 146 Å². The molecule has 2 nitrogen and oxygen atoms in total. The monoisotopic (exact) mass is 515 g/mol. The van der Waals surface area contributed by atoms with Gasteiger partial charge in [-0.05, 0) is 52.5 Å². The SMILES string of the molecule is Cc1ccc(C(=O)C2C(c3ccccc3)=CC(c3ccccc3)=CC23c2ccccc2Nc2ccccc23)cc1. The summed E-state index contributed by atoms with van der Waals surface area (Å²) in [4.78, 5) is 14.9. The molecular formula is C38H29NO. The third-order valence-corrected chi connectivity index (χ3v) is 8.29. The Kier molecular flexibility index (Phi) is 5.82. The van der Waals surface area contributed by atoms with Crippen LogP contribution in [0.4, 0.5) is 11.4 Å². The van der Waals surface area contributed by atoms with Crippen molar-refractivity contribution in [2.75, 3.05) is 5.32 Å². The minimum absolute atomic E-state index is 0.116. The number of hydrogen-bond donors (Lipinski definition) is 1. The Labute approximate surface area is 235 Å². The molecule has 0 saturated heterocycles. The summed E-state index contributed by atoms with van der Waals surface area (Å²) >= 11 is 0. The lowest BCUT2D eigenvalue weighted by molar-refractivity contribution is 0.0925. The second-order valence-electron chi connectivity index (χ2n) is 10.7. The lowest BCUT2D eigenvalue weighted by atomic mass is 9.56. The number of allylic oxidation sites excluding steroid dienone is 4. The summed E-state index contributed by atoms with van der Waals surface area (Å²) in [6.45, 7) is 2.06. The first-order chi connectivity index (χ1) is 19.6. The molecule has 192 valence electrons. The van der Waals surface area contributed by atoms with Gasteiger partial charge < -0.3 is 5.32 Å². The predicted molar refractivity (Wildman–Crippen MR) is 165 cm³/mol. The van der Waals surface area contributed by atoms with Gasteiger partial charge in [0.1, 0.15) is 0 Å². The lowest BCUT2D eigenvalue weighted by Gasteiger charge is -2.47. The van der Waals surface area contributed by atoms with Crippen molar-refractivity contribution in [3.8, 4) is 0 Å². The fourth-order valence-corrected chi connectivity index (χ4v) is 6.44. The third kappa shape index (κ3) is 3.84. The molecule has 0 aromatic heterocycles. The molecule has 1 N–H and O–H groups in total. The minimum Gasteiger partial charge on any atom is -0.355 e. The molecule has 0 saturated carbocycles. The van der Waals surface area contributed by atoms with E-state index in [0.29, 0.717) is 0 Å². The molecule has 5 aromatic rings. The minimum atomic E-state index is -0.731. The Bertz CT molecular complexity index is 1730. The smallest absolute Gasteiger partial charge is 0.171 e. The Morgan fingerprint density at radius 3 is 1.75 bits per heavy atom. The van der Waals surface area contributed by atoms with E-state index in [1.165, 1.54) is 0 Å². The van der Waals surface area contributed by atoms with E-state index in [0.717, 1.165) is 55.9 Å². The first kappa shape index (κ1) is 24.1. The van der Waals surface area contributed by atoms with Gasteiger partial charge in [-0.3, -0.25) is 4.79 Å². The zero-order chi connectivity index (χ0) is 27.1. The molecule has 5 aromatic carbocycles. The van der Waals surface area contributed by atoms with Gasteiger partial charge in [0.25, 0.3) is 0 Å². The molecule has 7 rings (SSSR count). The Morgan fingerprint density at radius 1 is 0.625 bits per heavy atom. The van der Waals surface area contributed by atoms with Gasteiger partial charge in [-0.15, -0.1) is 0 Å². The number of benzene rings is 5. The van der Waals surface area contributed by atoms with Gasteiger partial charge in [0.2, 0.25) is 0 Å². The molecule has 0 amide bonds. The average molecular weight is 516 g/mol. The summed E-state index contributed by atoms with van der Waals surface area (Å²) in [6.07, 6.45) is 4.59. The number of carbonyl (C=O) groups excluding carboxylic acids is 1. The Hall–Kier alpha value is -4.95. The molecule has 40 heavy (non-hydrogen) atoms. The van der Waals surface area contributed by atoms with Crippen LogP contribution >= 0.6 is 0 Å². The maximum Gasteiger partial charge on any atom is 0.171 e. The molecule has 2 aliphatic rings. The van der Waals surface area contributed by atoms with Crippen molar-refractivity contribution in [1.82, 2.24) is 0 Å². The van der Waals surface area contributed by atoms with Crippen molar-refractivity contribution < 1.29 is 4.79 Å². The number of ketones is 1. The van der Waals surface area contributed by atoms with Crippen LogP contribution in [0.3, 0.4) is 0 Å². The van der Waals surface area contributed by atoms with Crippen molar-refractivity contribution in [3.05, 3.63) is 179 Å². The van der Waals surface area contributed by atoms with E-state index in [4.69, 9.17) is 0 Å². The van der Waals surface area contributed by atoms with Gasteiger partial charge >= 0.3 is 0 Å². The number of hydrogen-bond acceptors (Lipinski definition) is 2. The number of para-hydroxylation sites is 2. The number of Topliss-reactive ketones (excluding diaryl/α,β-unsaturated/α-hetero) is 1. The highest BCUT2D eigenvalue weighted by Gasteiger charge is 2.52. The highest BCUT2D eigenvalue weighted by Crippen LogP contribution is 2.58. The van der Waals surface area contributed by atoms with Crippen LogP contribution in [0.1, 0.15) is 38.2 Å². The van der Waals surface area contributed by atoms with Crippen LogP contribution in [-0.4, -0.2) is 5.78 Å². The van der Waals surface area contributed by atoms with Gasteiger partial charge in [-0.1, -0.05) is 139 Å². The topological polar surface area (TPSA) is 29.1 Å². The number of rotatable bonds is 4. The van der Waals surface area contributed by atoms with Gasteiger partial charge in [-0.25, -0.2) is 0 Å². The second-order valence-corrected chi connectivity index (χ2v) is 10.7. The van der Waals surface area contributed by atoms with E-state index in [1.54, 1.807) is 0 Å². The van der Waals surface area contributed by atoms with E-state index in [9.17, 15) is 4.79 Å². The summed E-state index contributed by atoms with van der Waals surface area (Å²) in [6, 6.07) is 45.8. The fraction of sp³-hybridized carbons (Fsp3) is 0.0789. The molecule has 2 heteroatoms. The van der Waals surface area contributed by atoms with Crippen molar-refractivity contribution in [1.29, 1.82) is 0 Å². The van der Waals surface area contributed by atoms with Crippen LogP contribution < -0.4 is 5.32 Å². The van der Waals surface area contributed by atoms with Gasteiger partial charge in [0, 0.05) is 16.9 Å². The maximum atomic E-state index is 14.9. The molecule has 0 radical (unpaired) electrons. The average Bonchev–Trinajstić information content (AvgIpc) is 3.02. The number of fused-ring (bicyclic) bond motifs is 4. The second kappa shape index (κ2) is 9.66. The van der Waals surface area contributed by atoms with Crippen LogP contribution in [0.2, 0.25) is 0 Å². The molecule has 1 aliphatic carbocycles. The van der Waals surface area contributed by atoms with E-state index >= 15 is 0 Å². The first-order valence-corrected chi connectivity index (χ1v) is 13.8. The summed E-state index contributed by atoms with van der Waals surface area (Å²) in [7, 11) is 0. The predicted octanol–water partition coefficient (Wildman–Crippen LogP) is 9.02. The van der Waals surface area contributed by atoms with Crippen LogP contribution in [0, 0.1) is 12.8 Å². The van der Waals surface area contributed by atoms with E-state index in [1.807, 2.05) is 36.4 Å². The van der Waals surface area contributed by atoms with E-state index < -0.39 is 11.3 Å². The first-order valence-electron chi connectivity index (χ1n) is 13.8. The largest absolute Gasteiger partial charge is 0.355 e. The number of carbonyl (C=O) groups is 1. The van der Waals surface area contributed by atoms with Crippen LogP contribution in [-0.2, 0) is 5.41 Å². The van der Waals surface area contributed by atoms with Gasteiger partial charge in [0.05, 0.1) is 11.3 Å². The molecule has 1 heterocycles. The fourth-order valence-electron chi connectivity index (χ4n) is 6.44. The molecule has 0 fully saturated rings. The highest BCUT2D eigenvalue weighted by molar-refractivity contribution is 6.10. The molecule has 1 aliphatic heterocycles. The van der Waals surface area contributed by atoms with Crippen molar-refractivity contribution in [3.63, 3.8) is 0 Å². The van der Waals surface area contributed by atoms with Crippen molar-refractivity contribution in [2.24, 2.45) is 5.92 Å². The van der Waals surface area contributed by atoms with E-state index in [2.05, 4.69) is 121 Å². The normalized spacial score (nSPS) is 16.7. The summed E-state index contributed by atoms with van der Waals surface area (Å²) in [5, 5.41) is 3.67. The third-order valence-electron chi connectivity index (χ3n) is 8.29. The Balaban J connectivity index is 1.60. The molecule has 0 bridgehead atoms. The molecule has 1 spiro atoms. The zero-order valence-electron chi connectivity index (χ0n) is 22.3. The van der Waals surface area contributed by atoms with Crippen LogP contribution in [0.25, 0.3) is 11.1 Å². The number of nitrogens with one attached hydrogen (secondary N) is 1. The van der Waals surface area contributed by atoms with Gasteiger partial charge in [0.15, 0.2) is 5.78 Å². The molecule has 1 atom stereocenters. The summed E-state index contributed by atoms with van der Waals surface area (Å²) < 4.78 is 0. The van der Waals surface area contributed by atoms with E-state index in [-0.39, 0.29) is 5.78 Å². The summed E-state index contributed by atoms with van der Waals surface area (Å²) in [5.74, 6) is -0.362.